The van der Waals surface area contributed by atoms with Gasteiger partial charge >= 0.3 is 12.1 Å². The van der Waals surface area contributed by atoms with Gasteiger partial charge in [-0.3, -0.25) is 9.52 Å². The largest absolute Gasteiger partial charge is 0.542 e. The minimum absolute atomic E-state index is 0.000705. The summed E-state index contributed by atoms with van der Waals surface area (Å²) >= 11 is 0. The predicted octanol–water partition coefficient (Wildman–Crippen LogP) is 3.55. The van der Waals surface area contributed by atoms with Gasteiger partial charge in [-0.25, -0.2) is 13.2 Å². The summed E-state index contributed by atoms with van der Waals surface area (Å²) in [5.74, 6) is -3.03. The van der Waals surface area contributed by atoms with Gasteiger partial charge in [-0.1, -0.05) is 48.5 Å². The highest BCUT2D eigenvalue weighted by Crippen LogP contribution is 2.37. The number of nitrogens with one attached hydrogen (secondary N) is 2. The molecule has 46 heavy (non-hydrogen) atoms. The number of anilines is 2. The van der Waals surface area contributed by atoms with Crippen molar-refractivity contribution in [3.05, 3.63) is 96.1 Å². The monoisotopic (exact) mass is 661 g/mol. The van der Waals surface area contributed by atoms with E-state index in [1.54, 1.807) is 24.3 Å². The molecule has 2 atom stereocenters. The molecule has 0 spiro atoms. The molecule has 3 aliphatic rings. The third-order valence-electron chi connectivity index (χ3n) is 7.98. The van der Waals surface area contributed by atoms with Crippen molar-refractivity contribution in [3.8, 4) is 0 Å². The number of quaternary nitrogens is 1. The normalized spacial score (nSPS) is 21.2. The van der Waals surface area contributed by atoms with Crippen LogP contribution in [0.15, 0.2) is 84.9 Å². The lowest BCUT2D eigenvalue weighted by Gasteiger charge is -2.51. The Morgan fingerprint density at radius 2 is 1.46 bits per heavy atom. The van der Waals surface area contributed by atoms with Crippen LogP contribution in [0.4, 0.5) is 24.5 Å². The van der Waals surface area contributed by atoms with Crippen molar-refractivity contribution < 1.29 is 50.3 Å². The quantitative estimate of drug-likeness (QED) is 0.191. The predicted molar refractivity (Wildman–Crippen MR) is 162 cm³/mol. The Balaban J connectivity index is 0.000000617. The smallest absolute Gasteiger partial charge is 0.430 e. The van der Waals surface area contributed by atoms with Gasteiger partial charge < -0.3 is 24.4 Å². The van der Waals surface area contributed by atoms with E-state index in [0.29, 0.717) is 34.7 Å². The molecule has 0 radical (unpaired) electrons. The Labute approximate surface area is 264 Å². The maximum absolute atomic E-state index is 13.6. The van der Waals surface area contributed by atoms with Crippen LogP contribution in [0.5, 0.6) is 0 Å². The standard InChI is InChI=1S/C30H33N3O5S.C2HF3O2/c1-39(36,37)32-26-14-12-22(13-15-26)27(34)20-33-18-16-23(17-19-33)28(21-33)38-30(35)29(24-8-4-2-5-9-24)31-25-10-6-3-7-11-25;3-2(4,5)1(6)7/h2-15,23,28-29,31H,16-21H2,1H3;(H,6,7)/t23?,28-,29+,33?;/m0./s1. The Hall–Kier alpha value is -4.43. The number of carboxylic acid groups (broad SMARTS) is 1. The molecule has 0 aromatic heterocycles. The molecule has 3 aromatic carbocycles. The van der Waals surface area contributed by atoms with Crippen LogP contribution in [0.1, 0.15) is 34.8 Å². The number of piperidine rings is 3. The van der Waals surface area contributed by atoms with Gasteiger partial charge in [-0.05, 0) is 42.0 Å². The highest BCUT2D eigenvalue weighted by molar-refractivity contribution is 7.92. The van der Waals surface area contributed by atoms with Crippen LogP contribution in [0.2, 0.25) is 0 Å². The number of sulfonamides is 1. The summed E-state index contributed by atoms with van der Waals surface area (Å²) in [6.07, 6.45) is -2.54. The molecule has 6 rings (SSSR count). The second kappa shape index (κ2) is 14.3. The summed E-state index contributed by atoms with van der Waals surface area (Å²) in [5.41, 5.74) is 2.63. The number of alkyl halides is 3. The minimum Gasteiger partial charge on any atom is -0.542 e. The van der Waals surface area contributed by atoms with Crippen LogP contribution in [-0.2, 0) is 24.3 Å². The summed E-state index contributed by atoms with van der Waals surface area (Å²) in [6, 6.07) is 25.1. The third-order valence-corrected chi connectivity index (χ3v) is 8.59. The van der Waals surface area contributed by atoms with E-state index in [1.807, 2.05) is 60.7 Å². The van der Waals surface area contributed by atoms with Crippen molar-refractivity contribution in [3.63, 3.8) is 0 Å². The number of rotatable bonds is 10. The zero-order valence-corrected chi connectivity index (χ0v) is 25.7. The number of Topliss-reactive ketones (excluding diaryl/α,β-unsaturated/α-hetero) is 1. The number of halogens is 3. The number of hydrogen-bond acceptors (Lipinski definition) is 8. The summed E-state index contributed by atoms with van der Waals surface area (Å²) in [6.45, 7) is 2.69. The number of hydrogen-bond donors (Lipinski definition) is 2. The average Bonchev–Trinajstić information content (AvgIpc) is 3.00. The van der Waals surface area contributed by atoms with Crippen LogP contribution < -0.4 is 15.1 Å². The van der Waals surface area contributed by atoms with E-state index in [9.17, 15) is 31.2 Å². The maximum Gasteiger partial charge on any atom is 0.430 e. The number of carbonyl (C=O) groups is 3. The molecule has 10 nitrogen and oxygen atoms in total. The molecule has 2 bridgehead atoms. The van der Waals surface area contributed by atoms with Gasteiger partial charge in [0.25, 0.3) is 0 Å². The number of carboxylic acids is 1. The number of benzene rings is 3. The van der Waals surface area contributed by atoms with Crippen molar-refractivity contribution in [2.45, 2.75) is 31.2 Å². The third kappa shape index (κ3) is 9.54. The van der Waals surface area contributed by atoms with Crippen molar-refractivity contribution >= 4 is 39.1 Å². The molecule has 3 fully saturated rings. The van der Waals surface area contributed by atoms with Crippen LogP contribution in [0.3, 0.4) is 0 Å². The fourth-order valence-corrected chi connectivity index (χ4v) is 6.32. The molecule has 14 heteroatoms. The van der Waals surface area contributed by atoms with Crippen LogP contribution in [0, 0.1) is 5.92 Å². The lowest BCUT2D eigenvalue weighted by Crippen LogP contribution is -2.65. The van der Waals surface area contributed by atoms with E-state index in [1.165, 1.54) is 0 Å². The van der Waals surface area contributed by atoms with Crippen LogP contribution in [-0.4, -0.2) is 75.3 Å². The molecule has 0 aliphatic carbocycles. The lowest BCUT2D eigenvalue weighted by molar-refractivity contribution is -0.938. The van der Waals surface area contributed by atoms with Gasteiger partial charge in [0, 0.05) is 35.7 Å². The van der Waals surface area contributed by atoms with Gasteiger partial charge in [-0.15, -0.1) is 0 Å². The molecule has 3 aromatic rings. The zero-order valence-electron chi connectivity index (χ0n) is 24.9. The highest BCUT2D eigenvalue weighted by atomic mass is 32.2. The van der Waals surface area contributed by atoms with E-state index in [2.05, 4.69) is 10.0 Å². The second-order valence-corrected chi connectivity index (χ2v) is 13.2. The Kier molecular flexibility index (Phi) is 10.7. The molecule has 3 aliphatic heterocycles. The first-order chi connectivity index (χ1) is 21.6. The number of ketones is 1. The van der Waals surface area contributed by atoms with Crippen molar-refractivity contribution in [2.75, 3.05) is 42.5 Å². The molecule has 246 valence electrons. The molecule has 3 saturated heterocycles. The Morgan fingerprint density at radius 3 is 1.98 bits per heavy atom. The fraction of sp³-hybridized carbons (Fsp3) is 0.344. The number of fused-ring (bicyclic) bond motifs is 3. The summed E-state index contributed by atoms with van der Waals surface area (Å²) in [7, 11) is -3.38. The van der Waals surface area contributed by atoms with E-state index in [-0.39, 0.29) is 17.9 Å². The number of ether oxygens (including phenoxy) is 1. The highest BCUT2D eigenvalue weighted by Gasteiger charge is 2.49. The van der Waals surface area contributed by atoms with Crippen molar-refractivity contribution in [1.29, 1.82) is 0 Å². The van der Waals surface area contributed by atoms with Gasteiger partial charge in [-0.2, -0.15) is 13.2 Å². The minimum atomic E-state index is -5.19. The van der Waals surface area contributed by atoms with Gasteiger partial charge in [0.2, 0.25) is 15.8 Å². The molecule has 0 unspecified atom stereocenters. The number of carbonyl (C=O) groups excluding carboxylic acids is 3. The molecular formula is C32H34F3N3O7S. The second-order valence-electron chi connectivity index (χ2n) is 11.5. The number of esters is 1. The van der Waals surface area contributed by atoms with Gasteiger partial charge in [0.15, 0.2) is 12.1 Å². The zero-order chi connectivity index (χ0) is 33.5. The van der Waals surface area contributed by atoms with Crippen molar-refractivity contribution in [2.24, 2.45) is 5.92 Å². The van der Waals surface area contributed by atoms with E-state index < -0.39 is 28.2 Å². The SMILES string of the molecule is CS(=O)(=O)Nc1ccc(C(=O)C[N+]23CCC(CC2)[C@@H](OC(=O)[C@H](Nc2ccccc2)c2ccccc2)C3)cc1.O=C([O-])C(F)(F)F. The molecule has 0 saturated carbocycles. The van der Waals surface area contributed by atoms with Crippen LogP contribution >= 0.6 is 0 Å². The maximum atomic E-state index is 13.6. The topological polar surface area (TPSA) is 142 Å². The first-order valence-corrected chi connectivity index (χ1v) is 16.3. The Bertz CT molecular complexity index is 1610. The van der Waals surface area contributed by atoms with Gasteiger partial charge in [0.1, 0.15) is 19.1 Å². The van der Waals surface area contributed by atoms with Crippen LogP contribution in [0.25, 0.3) is 0 Å². The van der Waals surface area contributed by atoms with Gasteiger partial charge in [0.05, 0.1) is 19.3 Å². The van der Waals surface area contributed by atoms with E-state index in [4.69, 9.17) is 14.6 Å². The average molecular weight is 662 g/mol. The summed E-state index contributed by atoms with van der Waals surface area (Å²) in [4.78, 5) is 35.6. The summed E-state index contributed by atoms with van der Waals surface area (Å²) in [5, 5.41) is 12.1. The fourth-order valence-electron chi connectivity index (χ4n) is 5.75. The lowest BCUT2D eigenvalue weighted by atomic mass is 9.82. The number of aliphatic carboxylic acids is 1. The number of nitrogens with zero attached hydrogens (tertiary/aromatic N) is 1. The van der Waals surface area contributed by atoms with Crippen molar-refractivity contribution in [1.82, 2.24) is 0 Å². The Morgan fingerprint density at radius 1 is 0.913 bits per heavy atom. The van der Waals surface area contributed by atoms with E-state index >= 15 is 0 Å². The molecular weight excluding hydrogens is 627 g/mol. The molecule has 2 N–H and O–H groups in total. The molecule has 3 heterocycles. The number of para-hydroxylation sites is 1. The first-order valence-electron chi connectivity index (χ1n) is 14.5. The molecule has 0 amide bonds. The van der Waals surface area contributed by atoms with E-state index in [0.717, 1.165) is 43.4 Å². The summed E-state index contributed by atoms with van der Waals surface area (Å²) < 4.78 is 63.7. The first kappa shape index (κ1) is 34.4.